The number of aromatic nitrogens is 1. The zero-order valence-corrected chi connectivity index (χ0v) is 13.2. The lowest BCUT2D eigenvalue weighted by molar-refractivity contribution is 0.0471. The zero-order valence-electron chi connectivity index (χ0n) is 12.5. The number of halogens is 1. The van der Waals surface area contributed by atoms with Crippen LogP contribution in [0.2, 0.25) is 5.15 Å². The van der Waals surface area contributed by atoms with Crippen LogP contribution in [-0.4, -0.2) is 18.1 Å². The van der Waals surface area contributed by atoms with Crippen LogP contribution >= 0.6 is 11.6 Å². The summed E-state index contributed by atoms with van der Waals surface area (Å²) in [4.78, 5) is 16.8. The Balaban J connectivity index is 1.98. The largest absolute Gasteiger partial charge is 0.493 e. The van der Waals surface area contributed by atoms with Crippen LogP contribution in [0.1, 0.15) is 15.9 Å². The number of carbonyl (C=O) groups is 1. The first kappa shape index (κ1) is 15.3. The highest BCUT2D eigenvalue weighted by molar-refractivity contribution is 6.32. The minimum absolute atomic E-state index is 0.137. The maximum atomic E-state index is 12.6. The van der Waals surface area contributed by atoms with Crippen LogP contribution in [0.5, 0.6) is 5.75 Å². The second kappa shape index (κ2) is 6.67. The molecular formula is C18H14ClNO3. The molecule has 23 heavy (non-hydrogen) atoms. The fraction of sp³-hybridized carbons (Fsp3) is 0.111. The molecule has 0 aliphatic carbocycles. The number of rotatable bonds is 4. The predicted octanol–water partition coefficient (Wildman–Crippen LogP) is 4.25. The quantitative estimate of drug-likeness (QED) is 0.531. The molecule has 3 aromatic rings. The first-order valence-corrected chi connectivity index (χ1v) is 7.42. The Kier molecular flexibility index (Phi) is 4.44. The van der Waals surface area contributed by atoms with Gasteiger partial charge >= 0.3 is 5.97 Å². The van der Waals surface area contributed by atoms with E-state index in [1.165, 1.54) is 7.11 Å². The minimum Gasteiger partial charge on any atom is -0.493 e. The highest BCUT2D eigenvalue weighted by atomic mass is 35.5. The maximum Gasteiger partial charge on any atom is 0.343 e. The summed E-state index contributed by atoms with van der Waals surface area (Å²) in [6.07, 6.45) is 0. The van der Waals surface area contributed by atoms with Crippen LogP contribution in [-0.2, 0) is 11.3 Å². The van der Waals surface area contributed by atoms with Gasteiger partial charge in [-0.1, -0.05) is 60.1 Å². The number of methoxy groups -OCH3 is 1. The van der Waals surface area contributed by atoms with Crippen LogP contribution in [0.25, 0.3) is 10.9 Å². The molecule has 0 fully saturated rings. The molecular weight excluding hydrogens is 314 g/mol. The minimum atomic E-state index is -0.494. The Bertz CT molecular complexity index is 850. The molecule has 0 aliphatic heterocycles. The third kappa shape index (κ3) is 3.12. The van der Waals surface area contributed by atoms with Crippen molar-refractivity contribution >= 4 is 28.5 Å². The number of ether oxygens (including phenoxy) is 2. The molecule has 116 valence electrons. The van der Waals surface area contributed by atoms with E-state index in [0.717, 1.165) is 5.56 Å². The Morgan fingerprint density at radius 3 is 2.52 bits per heavy atom. The average Bonchev–Trinajstić information content (AvgIpc) is 2.59. The second-order valence-corrected chi connectivity index (χ2v) is 5.25. The van der Waals surface area contributed by atoms with Crippen molar-refractivity contribution in [2.75, 3.05) is 7.11 Å². The van der Waals surface area contributed by atoms with Gasteiger partial charge in [0.25, 0.3) is 0 Å². The summed E-state index contributed by atoms with van der Waals surface area (Å²) < 4.78 is 10.7. The molecule has 3 rings (SSSR count). The average molecular weight is 328 g/mol. The van der Waals surface area contributed by atoms with Crippen molar-refractivity contribution in [2.45, 2.75) is 6.61 Å². The third-order valence-corrected chi connectivity index (χ3v) is 3.68. The van der Waals surface area contributed by atoms with Gasteiger partial charge in [0.15, 0.2) is 10.9 Å². The van der Waals surface area contributed by atoms with Crippen LogP contribution in [0.4, 0.5) is 0 Å². The van der Waals surface area contributed by atoms with E-state index < -0.39 is 5.97 Å². The molecule has 2 aromatic carbocycles. The van der Waals surface area contributed by atoms with Crippen LogP contribution in [0, 0.1) is 0 Å². The monoisotopic (exact) mass is 327 g/mol. The number of benzene rings is 2. The van der Waals surface area contributed by atoms with Gasteiger partial charge in [-0.2, -0.15) is 0 Å². The van der Waals surface area contributed by atoms with Crippen molar-refractivity contribution in [1.82, 2.24) is 4.98 Å². The molecule has 0 saturated heterocycles. The van der Waals surface area contributed by atoms with E-state index >= 15 is 0 Å². The molecule has 0 amide bonds. The van der Waals surface area contributed by atoms with Gasteiger partial charge in [-0.05, 0) is 11.6 Å². The fourth-order valence-corrected chi connectivity index (χ4v) is 2.61. The first-order chi connectivity index (χ1) is 11.2. The van der Waals surface area contributed by atoms with E-state index in [0.29, 0.717) is 16.5 Å². The number of nitrogens with zero attached hydrogens (tertiary/aromatic N) is 1. The van der Waals surface area contributed by atoms with Gasteiger partial charge in [-0.25, -0.2) is 9.78 Å². The van der Waals surface area contributed by atoms with Gasteiger partial charge in [0.05, 0.1) is 12.6 Å². The Hall–Kier alpha value is -2.59. The topological polar surface area (TPSA) is 48.4 Å². The smallest absolute Gasteiger partial charge is 0.343 e. The number of hydrogen-bond donors (Lipinski definition) is 0. The maximum absolute atomic E-state index is 12.6. The summed E-state index contributed by atoms with van der Waals surface area (Å²) >= 11 is 6.13. The molecule has 0 radical (unpaired) electrons. The van der Waals surface area contributed by atoms with Gasteiger partial charge in [0.2, 0.25) is 0 Å². The van der Waals surface area contributed by atoms with E-state index in [9.17, 15) is 4.79 Å². The predicted molar refractivity (Wildman–Crippen MR) is 88.9 cm³/mol. The third-order valence-electron chi connectivity index (χ3n) is 3.43. The Labute approximate surface area is 138 Å². The van der Waals surface area contributed by atoms with Crippen molar-refractivity contribution < 1.29 is 14.3 Å². The standard InChI is InChI=1S/C18H14ClNO3/c1-22-16-15(13-9-5-6-10-14(13)20-17(16)19)18(21)23-11-12-7-3-2-4-8-12/h2-10H,11H2,1H3. The van der Waals surface area contributed by atoms with Gasteiger partial charge in [-0.15, -0.1) is 0 Å². The molecule has 0 unspecified atom stereocenters. The first-order valence-electron chi connectivity index (χ1n) is 7.04. The summed E-state index contributed by atoms with van der Waals surface area (Å²) in [5.74, 6) is -0.269. The van der Waals surface area contributed by atoms with Gasteiger partial charge < -0.3 is 9.47 Å². The number of carbonyl (C=O) groups excluding carboxylic acids is 1. The van der Waals surface area contributed by atoms with Crippen molar-refractivity contribution in [3.8, 4) is 5.75 Å². The van der Waals surface area contributed by atoms with E-state index in [1.807, 2.05) is 42.5 Å². The van der Waals surface area contributed by atoms with Crippen molar-refractivity contribution in [3.63, 3.8) is 0 Å². The van der Waals surface area contributed by atoms with E-state index in [4.69, 9.17) is 21.1 Å². The van der Waals surface area contributed by atoms with Gasteiger partial charge in [0, 0.05) is 5.39 Å². The molecule has 0 aliphatic rings. The number of pyridine rings is 1. The molecule has 1 aromatic heterocycles. The second-order valence-electron chi connectivity index (χ2n) is 4.89. The van der Waals surface area contributed by atoms with Crippen LogP contribution in [0.3, 0.4) is 0 Å². The summed E-state index contributed by atoms with van der Waals surface area (Å²) in [6, 6.07) is 16.7. The van der Waals surface area contributed by atoms with Crippen molar-refractivity contribution in [2.24, 2.45) is 0 Å². The SMILES string of the molecule is COc1c(Cl)nc2ccccc2c1C(=O)OCc1ccccc1. The van der Waals surface area contributed by atoms with E-state index in [2.05, 4.69) is 4.98 Å². The van der Waals surface area contributed by atoms with Gasteiger partial charge in [0.1, 0.15) is 12.2 Å². The van der Waals surface area contributed by atoms with Crippen LogP contribution in [0.15, 0.2) is 54.6 Å². The molecule has 0 bridgehead atoms. The van der Waals surface area contributed by atoms with E-state index in [-0.39, 0.29) is 17.5 Å². The summed E-state index contributed by atoms with van der Waals surface area (Å²) in [7, 11) is 1.45. The molecule has 0 saturated carbocycles. The molecule has 0 atom stereocenters. The summed E-state index contributed by atoms with van der Waals surface area (Å²) in [5, 5.41) is 0.782. The highest BCUT2D eigenvalue weighted by Gasteiger charge is 2.22. The fourth-order valence-electron chi connectivity index (χ4n) is 2.35. The lowest BCUT2D eigenvalue weighted by Gasteiger charge is -2.12. The van der Waals surface area contributed by atoms with Gasteiger partial charge in [-0.3, -0.25) is 0 Å². The highest BCUT2D eigenvalue weighted by Crippen LogP contribution is 2.33. The zero-order chi connectivity index (χ0) is 16.2. The molecule has 5 heteroatoms. The number of fused-ring (bicyclic) bond motifs is 1. The summed E-state index contributed by atoms with van der Waals surface area (Å²) in [6.45, 7) is 0.178. The number of hydrogen-bond acceptors (Lipinski definition) is 4. The number of para-hydroxylation sites is 1. The van der Waals surface area contributed by atoms with Crippen LogP contribution < -0.4 is 4.74 Å². The molecule has 4 nitrogen and oxygen atoms in total. The molecule has 1 heterocycles. The molecule has 0 spiro atoms. The lowest BCUT2D eigenvalue weighted by Crippen LogP contribution is -2.09. The number of esters is 1. The van der Waals surface area contributed by atoms with Crippen molar-refractivity contribution in [3.05, 3.63) is 70.9 Å². The van der Waals surface area contributed by atoms with E-state index in [1.54, 1.807) is 12.1 Å². The molecule has 0 N–H and O–H groups in total. The normalized spacial score (nSPS) is 10.5. The summed E-state index contributed by atoms with van der Waals surface area (Å²) in [5.41, 5.74) is 1.81. The lowest BCUT2D eigenvalue weighted by atomic mass is 10.1. The van der Waals surface area contributed by atoms with Crippen molar-refractivity contribution in [1.29, 1.82) is 0 Å². The Morgan fingerprint density at radius 1 is 1.09 bits per heavy atom. The Morgan fingerprint density at radius 2 is 1.78 bits per heavy atom.